The maximum atomic E-state index is 13.7. The molecule has 0 unspecified atom stereocenters. The zero-order valence-corrected chi connectivity index (χ0v) is 21.4. The molecule has 0 saturated heterocycles. The lowest BCUT2D eigenvalue weighted by Crippen LogP contribution is -2.36. The number of halogens is 2. The van der Waals surface area contributed by atoms with Crippen molar-refractivity contribution in [1.29, 1.82) is 0 Å². The number of fused-ring (bicyclic) bond motifs is 1. The first-order valence-electron chi connectivity index (χ1n) is 11.8. The molecule has 39 heavy (non-hydrogen) atoms. The fourth-order valence-corrected chi connectivity index (χ4v) is 5.86. The Labute approximate surface area is 222 Å². The van der Waals surface area contributed by atoms with Crippen LogP contribution >= 0.6 is 0 Å². The van der Waals surface area contributed by atoms with Gasteiger partial charge in [0, 0.05) is 54.7 Å². The van der Waals surface area contributed by atoms with E-state index in [1.54, 1.807) is 24.4 Å². The number of amides is 1. The summed E-state index contributed by atoms with van der Waals surface area (Å²) in [5, 5.41) is 9.82. The highest BCUT2D eigenvalue weighted by atomic mass is 32.2. The Morgan fingerprint density at radius 2 is 1.90 bits per heavy atom. The van der Waals surface area contributed by atoms with Crippen LogP contribution in [0, 0.1) is 11.6 Å². The van der Waals surface area contributed by atoms with Crippen molar-refractivity contribution in [2.45, 2.75) is 24.3 Å². The zero-order valence-electron chi connectivity index (χ0n) is 20.6. The van der Waals surface area contributed by atoms with Crippen molar-refractivity contribution in [1.82, 2.24) is 19.5 Å². The number of carbonyl (C=O) groups excluding carboxylic acids is 2. The normalized spacial score (nSPS) is 13.6. The van der Waals surface area contributed by atoms with E-state index in [9.17, 15) is 26.8 Å². The van der Waals surface area contributed by atoms with Crippen LogP contribution in [0.5, 0.6) is 5.75 Å². The number of nitrogens with zero attached hydrogens (tertiary/aromatic N) is 2. The number of sulfonamides is 1. The van der Waals surface area contributed by atoms with Crippen molar-refractivity contribution in [3.63, 3.8) is 0 Å². The molecular weight excluding hydrogens is 532 g/mol. The molecule has 2 aromatic carbocycles. The van der Waals surface area contributed by atoms with E-state index in [-0.39, 0.29) is 43.0 Å². The van der Waals surface area contributed by atoms with E-state index in [4.69, 9.17) is 4.74 Å². The van der Waals surface area contributed by atoms with Gasteiger partial charge in [0.15, 0.2) is 5.78 Å². The second-order valence-corrected chi connectivity index (χ2v) is 10.8. The molecule has 0 fully saturated rings. The molecule has 0 saturated carbocycles. The molecule has 5 rings (SSSR count). The zero-order chi connectivity index (χ0) is 27.7. The number of anilines is 1. The molecule has 0 aliphatic carbocycles. The second kappa shape index (κ2) is 10.4. The number of ether oxygens (including phenoxy) is 1. The number of Topliss-reactive ketones (excluding diaryl/α,β-unsaturated/α-hetero) is 1. The summed E-state index contributed by atoms with van der Waals surface area (Å²) in [5.41, 5.74) is 2.27. The van der Waals surface area contributed by atoms with E-state index in [2.05, 4.69) is 20.5 Å². The average molecular weight is 556 g/mol. The van der Waals surface area contributed by atoms with Crippen molar-refractivity contribution in [2.24, 2.45) is 0 Å². The lowest BCUT2D eigenvalue weighted by atomic mass is 9.99. The fourth-order valence-electron chi connectivity index (χ4n) is 4.41. The summed E-state index contributed by atoms with van der Waals surface area (Å²) in [7, 11) is -2.75. The van der Waals surface area contributed by atoms with Gasteiger partial charge in [0.1, 0.15) is 23.1 Å². The smallest absolute Gasteiger partial charge is 0.272 e. The second-order valence-electron chi connectivity index (χ2n) is 8.87. The Hall–Kier alpha value is -4.36. The number of methoxy groups -OCH3 is 1. The van der Waals surface area contributed by atoms with Gasteiger partial charge in [0.25, 0.3) is 5.91 Å². The van der Waals surface area contributed by atoms with Crippen LogP contribution in [-0.2, 0) is 29.4 Å². The van der Waals surface area contributed by atoms with Gasteiger partial charge in [-0.2, -0.15) is 9.40 Å². The Morgan fingerprint density at radius 3 is 2.59 bits per heavy atom. The van der Waals surface area contributed by atoms with Gasteiger partial charge in [0.2, 0.25) is 10.0 Å². The van der Waals surface area contributed by atoms with E-state index in [0.717, 1.165) is 16.4 Å². The van der Waals surface area contributed by atoms with Crippen molar-refractivity contribution < 1.29 is 31.5 Å². The molecule has 202 valence electrons. The Morgan fingerprint density at radius 1 is 1.13 bits per heavy atom. The topological polar surface area (TPSA) is 137 Å². The van der Waals surface area contributed by atoms with Gasteiger partial charge in [-0.15, -0.1) is 0 Å². The van der Waals surface area contributed by atoms with Crippen molar-refractivity contribution in [3.8, 4) is 5.75 Å². The SMILES string of the molecule is COc1ccc(C(=O)Cc2n[nH]c3c2CN(S(=O)(=O)c2cc(F)cc(F)c2)CC3)c(NC(=O)c2ccc[nH]2)c1. The minimum absolute atomic E-state index is 0.0659. The molecule has 1 amide bonds. The molecule has 0 bridgehead atoms. The van der Waals surface area contributed by atoms with Crippen LogP contribution in [-0.4, -0.2) is 53.2 Å². The molecule has 2 aromatic heterocycles. The van der Waals surface area contributed by atoms with Crippen molar-refractivity contribution in [2.75, 3.05) is 19.0 Å². The maximum Gasteiger partial charge on any atom is 0.272 e. The first-order chi connectivity index (χ1) is 18.7. The van der Waals surface area contributed by atoms with Gasteiger partial charge in [-0.3, -0.25) is 14.7 Å². The molecule has 1 aliphatic heterocycles. The number of hydrogen-bond donors (Lipinski definition) is 3. The van der Waals surface area contributed by atoms with Crippen LogP contribution in [0.25, 0.3) is 0 Å². The lowest BCUT2D eigenvalue weighted by Gasteiger charge is -2.26. The highest BCUT2D eigenvalue weighted by molar-refractivity contribution is 7.89. The third-order valence-corrected chi connectivity index (χ3v) is 8.23. The van der Waals surface area contributed by atoms with Gasteiger partial charge in [-0.05, 0) is 36.4 Å². The monoisotopic (exact) mass is 555 g/mol. The number of benzene rings is 2. The summed E-state index contributed by atoms with van der Waals surface area (Å²) >= 11 is 0. The number of hydrogen-bond acceptors (Lipinski definition) is 6. The summed E-state index contributed by atoms with van der Waals surface area (Å²) in [6.45, 7) is -0.0651. The average Bonchev–Trinajstić information content (AvgIpc) is 3.58. The van der Waals surface area contributed by atoms with Gasteiger partial charge < -0.3 is 15.0 Å². The molecule has 4 aromatic rings. The fraction of sp³-hybridized carbons (Fsp3) is 0.192. The number of rotatable bonds is 8. The summed E-state index contributed by atoms with van der Waals surface area (Å²) < 4.78 is 60.0. The Kier molecular flexibility index (Phi) is 7.02. The number of aromatic amines is 2. The number of ketones is 1. The summed E-state index contributed by atoms with van der Waals surface area (Å²) in [6, 6.07) is 10.0. The number of H-pyrrole nitrogens is 2. The van der Waals surface area contributed by atoms with Crippen LogP contribution < -0.4 is 10.1 Å². The highest BCUT2D eigenvalue weighted by Gasteiger charge is 2.32. The molecule has 10 nitrogen and oxygen atoms in total. The first kappa shape index (κ1) is 26.3. The number of aromatic nitrogens is 3. The third-order valence-electron chi connectivity index (χ3n) is 6.40. The van der Waals surface area contributed by atoms with Crippen LogP contribution in [0.4, 0.5) is 14.5 Å². The van der Waals surface area contributed by atoms with Crippen molar-refractivity contribution >= 4 is 27.4 Å². The maximum absolute atomic E-state index is 13.7. The molecule has 3 heterocycles. The van der Waals surface area contributed by atoms with E-state index < -0.39 is 32.5 Å². The number of carbonyl (C=O) groups is 2. The van der Waals surface area contributed by atoms with E-state index >= 15 is 0 Å². The predicted molar refractivity (Wildman–Crippen MR) is 136 cm³/mol. The van der Waals surface area contributed by atoms with Gasteiger partial charge >= 0.3 is 0 Å². The summed E-state index contributed by atoms with van der Waals surface area (Å²) in [4.78, 5) is 28.3. The quantitative estimate of drug-likeness (QED) is 0.285. The number of nitrogens with one attached hydrogen (secondary N) is 3. The standard InChI is InChI=1S/C26H23F2N5O5S/c1-38-17-4-5-19(23(12-17)30-26(35)22-3-2-7-29-22)25(34)13-24-20-14-33(8-6-21(20)31-32-24)39(36,37)18-10-15(27)9-16(28)11-18/h2-5,7,9-12,29H,6,8,13-14H2,1H3,(H,30,35)(H,31,32). The summed E-state index contributed by atoms with van der Waals surface area (Å²) in [5.74, 6) is -2.39. The molecule has 3 N–H and O–H groups in total. The van der Waals surface area contributed by atoms with E-state index in [0.29, 0.717) is 34.5 Å². The lowest BCUT2D eigenvalue weighted by molar-refractivity contribution is 0.0992. The summed E-state index contributed by atoms with van der Waals surface area (Å²) in [6.07, 6.45) is 1.68. The van der Waals surface area contributed by atoms with Gasteiger partial charge in [0.05, 0.1) is 29.8 Å². The molecule has 13 heteroatoms. The van der Waals surface area contributed by atoms with Gasteiger partial charge in [-0.1, -0.05) is 0 Å². The Balaban J connectivity index is 1.39. The van der Waals surface area contributed by atoms with Crippen LogP contribution in [0.2, 0.25) is 0 Å². The largest absolute Gasteiger partial charge is 0.497 e. The van der Waals surface area contributed by atoms with E-state index in [1.807, 2.05) is 0 Å². The van der Waals surface area contributed by atoms with Crippen molar-refractivity contribution in [3.05, 3.63) is 94.6 Å². The minimum Gasteiger partial charge on any atom is -0.497 e. The molecule has 1 aliphatic rings. The van der Waals surface area contributed by atoms with Crippen LogP contribution in [0.15, 0.2) is 59.6 Å². The molecule has 0 atom stereocenters. The molecular formula is C26H23F2N5O5S. The predicted octanol–water partition coefficient (Wildman–Crippen LogP) is 3.45. The van der Waals surface area contributed by atoms with E-state index in [1.165, 1.54) is 19.2 Å². The van der Waals surface area contributed by atoms with Crippen LogP contribution in [0.1, 0.15) is 37.8 Å². The van der Waals surface area contributed by atoms with Crippen LogP contribution in [0.3, 0.4) is 0 Å². The molecule has 0 radical (unpaired) electrons. The minimum atomic E-state index is -4.21. The highest BCUT2D eigenvalue weighted by Crippen LogP contribution is 2.29. The van der Waals surface area contributed by atoms with Gasteiger partial charge in [-0.25, -0.2) is 17.2 Å². The Bertz CT molecular complexity index is 1650. The first-order valence-corrected chi connectivity index (χ1v) is 13.3. The molecule has 0 spiro atoms. The third kappa shape index (κ3) is 5.31.